The molecule has 0 spiro atoms. The predicted octanol–water partition coefficient (Wildman–Crippen LogP) is 3.31. The molecule has 2 aliphatic heterocycles. The number of nitrogens with zero attached hydrogens (tertiary/aromatic N) is 2. The van der Waals surface area contributed by atoms with E-state index in [2.05, 4.69) is 32.8 Å². The van der Waals surface area contributed by atoms with Gasteiger partial charge in [0.15, 0.2) is 0 Å². The molecule has 0 aromatic heterocycles. The lowest BCUT2D eigenvalue weighted by Gasteiger charge is -2.46. The summed E-state index contributed by atoms with van der Waals surface area (Å²) in [5.74, 6) is 0.822. The molecule has 0 bridgehead atoms. The van der Waals surface area contributed by atoms with Crippen molar-refractivity contribution in [3.8, 4) is 0 Å². The number of aryl methyl sites for hydroxylation is 1. The number of halogens is 1. The van der Waals surface area contributed by atoms with E-state index in [4.69, 9.17) is 0 Å². The lowest BCUT2D eigenvalue weighted by molar-refractivity contribution is 0.0316. The maximum Gasteiger partial charge on any atom is 0.255 e. The first-order valence-corrected chi connectivity index (χ1v) is 8.62. The Kier molecular flexibility index (Phi) is 4.36. The van der Waals surface area contributed by atoms with Crippen LogP contribution in [-0.4, -0.2) is 48.4 Å². The van der Waals surface area contributed by atoms with Crippen LogP contribution >= 0.6 is 15.9 Å². The second-order valence-electron chi connectivity index (χ2n) is 6.43. The second kappa shape index (κ2) is 6.09. The molecule has 1 amide bonds. The summed E-state index contributed by atoms with van der Waals surface area (Å²) in [4.78, 5) is 17.4. The number of carbonyl (C=O) groups excluding carboxylic acids is 1. The number of carbonyl (C=O) groups is 1. The van der Waals surface area contributed by atoms with E-state index >= 15 is 0 Å². The Hall–Kier alpha value is -0.870. The summed E-state index contributed by atoms with van der Waals surface area (Å²) < 4.78 is 0.942. The van der Waals surface area contributed by atoms with E-state index in [1.165, 1.54) is 19.4 Å². The Morgan fingerprint density at radius 1 is 1.29 bits per heavy atom. The zero-order valence-corrected chi connectivity index (χ0v) is 14.4. The van der Waals surface area contributed by atoms with Crippen LogP contribution in [0.25, 0.3) is 0 Å². The van der Waals surface area contributed by atoms with Crippen LogP contribution in [0, 0.1) is 12.8 Å². The van der Waals surface area contributed by atoms with Crippen LogP contribution in [0.1, 0.15) is 35.2 Å². The van der Waals surface area contributed by atoms with E-state index in [9.17, 15) is 4.79 Å². The summed E-state index contributed by atoms with van der Waals surface area (Å²) in [5.41, 5.74) is 1.92. The molecule has 114 valence electrons. The number of amides is 1. The van der Waals surface area contributed by atoms with Crippen LogP contribution in [0.15, 0.2) is 22.7 Å². The molecule has 2 aliphatic rings. The Balaban J connectivity index is 1.76. The molecule has 0 N–H and O–H groups in total. The van der Waals surface area contributed by atoms with E-state index < -0.39 is 0 Å². The smallest absolute Gasteiger partial charge is 0.255 e. The van der Waals surface area contributed by atoms with Gasteiger partial charge in [-0.15, -0.1) is 0 Å². The normalized spacial score (nSPS) is 26.5. The molecule has 2 saturated heterocycles. The summed E-state index contributed by atoms with van der Waals surface area (Å²) in [6.45, 7) is 5.03. The molecule has 3 nitrogen and oxygen atoms in total. The lowest BCUT2D eigenvalue weighted by Crippen LogP contribution is -2.53. The summed E-state index contributed by atoms with van der Waals surface area (Å²) >= 11 is 3.57. The fourth-order valence-corrected chi connectivity index (χ4v) is 4.25. The van der Waals surface area contributed by atoms with Gasteiger partial charge in [0.2, 0.25) is 0 Å². The van der Waals surface area contributed by atoms with Gasteiger partial charge in [0.05, 0.1) is 5.56 Å². The minimum absolute atomic E-state index is 0.178. The minimum atomic E-state index is 0.178. The number of benzene rings is 1. The second-order valence-corrected chi connectivity index (χ2v) is 7.22. The van der Waals surface area contributed by atoms with Gasteiger partial charge in [0.25, 0.3) is 5.91 Å². The average Bonchev–Trinajstić information content (AvgIpc) is 2.49. The number of rotatable bonds is 1. The average molecular weight is 351 g/mol. The molecular weight excluding hydrogens is 328 g/mol. The maximum absolute atomic E-state index is 12.8. The van der Waals surface area contributed by atoms with Crippen molar-refractivity contribution >= 4 is 21.8 Å². The zero-order chi connectivity index (χ0) is 15.0. The first-order chi connectivity index (χ1) is 10.1. The van der Waals surface area contributed by atoms with Crippen LogP contribution in [0.4, 0.5) is 0 Å². The van der Waals surface area contributed by atoms with E-state index in [1.54, 1.807) is 0 Å². The van der Waals surface area contributed by atoms with Gasteiger partial charge < -0.3 is 9.80 Å². The molecule has 4 heteroatoms. The number of hydrogen-bond acceptors (Lipinski definition) is 2. The van der Waals surface area contributed by atoms with Crippen LogP contribution in [0.3, 0.4) is 0 Å². The van der Waals surface area contributed by atoms with Crippen molar-refractivity contribution in [2.24, 2.45) is 5.92 Å². The molecule has 0 radical (unpaired) electrons. The van der Waals surface area contributed by atoms with E-state index in [1.807, 2.05) is 25.1 Å². The number of fused-ring (bicyclic) bond motifs is 1. The van der Waals surface area contributed by atoms with Crippen LogP contribution < -0.4 is 0 Å². The van der Waals surface area contributed by atoms with Gasteiger partial charge in [-0.05, 0) is 73.3 Å². The highest BCUT2D eigenvalue weighted by atomic mass is 79.9. The van der Waals surface area contributed by atoms with Crippen LogP contribution in [0.5, 0.6) is 0 Å². The van der Waals surface area contributed by atoms with Crippen molar-refractivity contribution in [1.82, 2.24) is 9.80 Å². The Morgan fingerprint density at radius 2 is 2.10 bits per heavy atom. The summed E-state index contributed by atoms with van der Waals surface area (Å²) in [6.07, 6.45) is 3.62. The van der Waals surface area contributed by atoms with Crippen molar-refractivity contribution in [3.63, 3.8) is 0 Å². The number of piperidine rings is 2. The third-order valence-electron chi connectivity index (χ3n) is 5.06. The molecular formula is C17H23BrN2O. The van der Waals surface area contributed by atoms with Crippen LogP contribution in [-0.2, 0) is 0 Å². The van der Waals surface area contributed by atoms with Crippen molar-refractivity contribution in [3.05, 3.63) is 33.8 Å². The third kappa shape index (κ3) is 2.88. The molecule has 2 unspecified atom stereocenters. The first kappa shape index (κ1) is 15.0. The standard InChI is InChI=1S/C17H23BrN2O/c1-12-5-3-7-14(16(12)18)17(21)20-10-8-15-13(11-20)6-4-9-19(15)2/h3,5,7,13,15H,4,6,8-11H2,1-2H3. The fourth-order valence-electron chi connectivity index (χ4n) is 3.82. The van der Waals surface area contributed by atoms with Crippen molar-refractivity contribution in [1.29, 1.82) is 0 Å². The van der Waals surface area contributed by atoms with Gasteiger partial charge in [0.1, 0.15) is 0 Å². The topological polar surface area (TPSA) is 23.6 Å². The van der Waals surface area contributed by atoms with Gasteiger partial charge in [-0.25, -0.2) is 0 Å². The monoisotopic (exact) mass is 350 g/mol. The summed E-state index contributed by atoms with van der Waals surface area (Å²) in [5, 5.41) is 0. The fraction of sp³-hybridized carbons (Fsp3) is 0.588. The molecule has 1 aromatic carbocycles. The highest BCUT2D eigenvalue weighted by Crippen LogP contribution is 2.31. The van der Waals surface area contributed by atoms with E-state index in [-0.39, 0.29) is 5.91 Å². The van der Waals surface area contributed by atoms with E-state index in [0.29, 0.717) is 12.0 Å². The van der Waals surface area contributed by atoms with Crippen molar-refractivity contribution in [2.75, 3.05) is 26.7 Å². The molecule has 0 aliphatic carbocycles. The van der Waals surface area contributed by atoms with Crippen molar-refractivity contribution in [2.45, 2.75) is 32.2 Å². The van der Waals surface area contributed by atoms with Gasteiger partial charge >= 0.3 is 0 Å². The van der Waals surface area contributed by atoms with Crippen molar-refractivity contribution < 1.29 is 4.79 Å². The van der Waals surface area contributed by atoms with Gasteiger partial charge in [0, 0.05) is 23.6 Å². The molecule has 2 heterocycles. The third-order valence-corrected chi connectivity index (χ3v) is 6.11. The highest BCUT2D eigenvalue weighted by Gasteiger charge is 2.36. The maximum atomic E-state index is 12.8. The molecule has 2 fully saturated rings. The number of hydrogen-bond donors (Lipinski definition) is 0. The Morgan fingerprint density at radius 3 is 2.90 bits per heavy atom. The van der Waals surface area contributed by atoms with Gasteiger partial charge in [-0.3, -0.25) is 4.79 Å². The van der Waals surface area contributed by atoms with E-state index in [0.717, 1.165) is 35.1 Å². The van der Waals surface area contributed by atoms with Crippen LogP contribution in [0.2, 0.25) is 0 Å². The zero-order valence-electron chi connectivity index (χ0n) is 12.8. The lowest BCUT2D eigenvalue weighted by atomic mass is 9.84. The van der Waals surface area contributed by atoms with Gasteiger partial charge in [-0.1, -0.05) is 12.1 Å². The summed E-state index contributed by atoms with van der Waals surface area (Å²) in [7, 11) is 2.23. The van der Waals surface area contributed by atoms with Gasteiger partial charge in [-0.2, -0.15) is 0 Å². The molecule has 2 atom stereocenters. The molecule has 3 rings (SSSR count). The molecule has 0 saturated carbocycles. The largest absolute Gasteiger partial charge is 0.338 e. The Bertz CT molecular complexity index is 546. The minimum Gasteiger partial charge on any atom is -0.338 e. The predicted molar refractivity (Wildman–Crippen MR) is 88.5 cm³/mol. The molecule has 1 aromatic rings. The molecule has 21 heavy (non-hydrogen) atoms. The SMILES string of the molecule is Cc1cccc(C(=O)N2CCC3C(CCCN3C)C2)c1Br. The summed E-state index contributed by atoms with van der Waals surface area (Å²) in [6, 6.07) is 6.60. The quantitative estimate of drug-likeness (QED) is 0.775. The highest BCUT2D eigenvalue weighted by molar-refractivity contribution is 9.10. The number of likely N-dealkylation sites (tertiary alicyclic amines) is 2. The first-order valence-electron chi connectivity index (χ1n) is 7.82. The Labute approximate surface area is 135 Å².